The number of likely N-dealkylation sites (N-methyl/N-ethyl adjacent to an activating group) is 1. The molecular formula is C13H17N3O3S. The molecule has 20 heavy (non-hydrogen) atoms. The fraction of sp³-hybridized carbons (Fsp3) is 0.385. The second-order valence-electron chi connectivity index (χ2n) is 4.88. The van der Waals surface area contributed by atoms with Crippen LogP contribution in [0.15, 0.2) is 29.4 Å². The van der Waals surface area contributed by atoms with E-state index in [0.29, 0.717) is 23.3 Å². The molecule has 1 aromatic carbocycles. The molecule has 0 amide bonds. The van der Waals surface area contributed by atoms with Crippen molar-refractivity contribution in [3.8, 4) is 0 Å². The zero-order valence-electron chi connectivity index (χ0n) is 11.6. The summed E-state index contributed by atoms with van der Waals surface area (Å²) in [5.41, 5.74) is 0.667. The van der Waals surface area contributed by atoms with Gasteiger partial charge in [-0.2, -0.15) is 0 Å². The molecule has 0 saturated heterocycles. The van der Waals surface area contributed by atoms with Crippen molar-refractivity contribution in [2.24, 2.45) is 0 Å². The van der Waals surface area contributed by atoms with E-state index in [1.165, 1.54) is 12.4 Å². The van der Waals surface area contributed by atoms with E-state index in [1.54, 1.807) is 31.0 Å². The number of benzene rings is 1. The number of hydrogen-bond donors (Lipinski definition) is 1. The summed E-state index contributed by atoms with van der Waals surface area (Å²) >= 11 is 0. The van der Waals surface area contributed by atoms with Gasteiger partial charge in [0.25, 0.3) is 0 Å². The van der Waals surface area contributed by atoms with Gasteiger partial charge in [-0.3, -0.25) is 0 Å². The van der Waals surface area contributed by atoms with Crippen molar-refractivity contribution >= 4 is 26.6 Å². The summed E-state index contributed by atoms with van der Waals surface area (Å²) in [5.74, 6) is 0.599. The van der Waals surface area contributed by atoms with Crippen molar-refractivity contribution in [1.29, 1.82) is 0 Å². The molecule has 0 saturated carbocycles. The largest absolute Gasteiger partial charge is 0.392 e. The van der Waals surface area contributed by atoms with Crippen molar-refractivity contribution in [3.63, 3.8) is 0 Å². The van der Waals surface area contributed by atoms with E-state index < -0.39 is 15.9 Å². The standard InChI is InChI=1S/C13H17N3O3S/c1-9(17)7-16(2)13-11-6-10(20(3,18)19)4-5-12(11)14-8-15-13/h4-6,8-9,17H,7H2,1-3H3. The lowest BCUT2D eigenvalue weighted by atomic mass is 10.2. The Hall–Kier alpha value is -1.73. The molecular weight excluding hydrogens is 278 g/mol. The van der Waals surface area contributed by atoms with Crippen LogP contribution in [0.2, 0.25) is 0 Å². The molecule has 7 heteroatoms. The second kappa shape index (κ2) is 5.34. The predicted octanol–water partition coefficient (Wildman–Crippen LogP) is 0.850. The first kappa shape index (κ1) is 14.7. The third-order valence-electron chi connectivity index (χ3n) is 2.91. The van der Waals surface area contributed by atoms with Crippen molar-refractivity contribution in [1.82, 2.24) is 9.97 Å². The number of aliphatic hydroxyl groups is 1. The van der Waals surface area contributed by atoms with Gasteiger partial charge in [-0.25, -0.2) is 18.4 Å². The van der Waals surface area contributed by atoms with Crippen LogP contribution in [0.5, 0.6) is 0 Å². The fourth-order valence-electron chi connectivity index (χ4n) is 2.04. The van der Waals surface area contributed by atoms with Gasteiger partial charge < -0.3 is 10.0 Å². The molecule has 1 atom stereocenters. The Morgan fingerprint density at radius 2 is 2.05 bits per heavy atom. The van der Waals surface area contributed by atoms with Gasteiger partial charge in [0, 0.05) is 25.2 Å². The summed E-state index contributed by atoms with van der Waals surface area (Å²) in [6.07, 6.45) is 2.08. The van der Waals surface area contributed by atoms with Crippen LogP contribution < -0.4 is 4.90 Å². The number of anilines is 1. The quantitative estimate of drug-likeness (QED) is 0.900. The molecule has 1 N–H and O–H groups in total. The molecule has 1 aromatic heterocycles. The van der Waals surface area contributed by atoms with Crippen molar-refractivity contribution in [2.75, 3.05) is 24.7 Å². The Morgan fingerprint density at radius 1 is 1.35 bits per heavy atom. The average molecular weight is 295 g/mol. The third kappa shape index (κ3) is 3.05. The molecule has 0 aliphatic rings. The minimum absolute atomic E-state index is 0.228. The molecule has 108 valence electrons. The molecule has 0 bridgehead atoms. The van der Waals surface area contributed by atoms with Gasteiger partial charge in [0.05, 0.1) is 16.5 Å². The lowest BCUT2D eigenvalue weighted by molar-refractivity contribution is 0.201. The number of rotatable bonds is 4. The average Bonchev–Trinajstić information content (AvgIpc) is 2.35. The van der Waals surface area contributed by atoms with E-state index in [-0.39, 0.29) is 4.90 Å². The number of aliphatic hydroxyl groups excluding tert-OH is 1. The van der Waals surface area contributed by atoms with Crippen LogP contribution in [0, 0.1) is 0 Å². The molecule has 0 aliphatic heterocycles. The number of hydrogen-bond acceptors (Lipinski definition) is 6. The highest BCUT2D eigenvalue weighted by Gasteiger charge is 2.14. The zero-order valence-corrected chi connectivity index (χ0v) is 12.4. The molecule has 1 heterocycles. The summed E-state index contributed by atoms with van der Waals surface area (Å²) in [6.45, 7) is 2.08. The van der Waals surface area contributed by atoms with E-state index in [2.05, 4.69) is 9.97 Å². The van der Waals surface area contributed by atoms with Crippen LogP contribution >= 0.6 is 0 Å². The highest BCUT2D eigenvalue weighted by molar-refractivity contribution is 7.90. The van der Waals surface area contributed by atoms with Crippen LogP contribution in [0.3, 0.4) is 0 Å². The normalized spacial score (nSPS) is 13.4. The zero-order chi connectivity index (χ0) is 14.9. The highest BCUT2D eigenvalue weighted by atomic mass is 32.2. The lowest BCUT2D eigenvalue weighted by Gasteiger charge is -2.21. The highest BCUT2D eigenvalue weighted by Crippen LogP contribution is 2.25. The van der Waals surface area contributed by atoms with E-state index in [4.69, 9.17) is 0 Å². The first-order valence-corrected chi connectivity index (χ1v) is 8.02. The molecule has 0 fully saturated rings. The van der Waals surface area contributed by atoms with E-state index in [0.717, 1.165) is 6.26 Å². The van der Waals surface area contributed by atoms with Crippen LogP contribution in [0.4, 0.5) is 5.82 Å². The van der Waals surface area contributed by atoms with Crippen LogP contribution in [-0.4, -0.2) is 49.4 Å². The van der Waals surface area contributed by atoms with Gasteiger partial charge in [-0.1, -0.05) is 0 Å². The number of aromatic nitrogens is 2. The summed E-state index contributed by atoms with van der Waals surface area (Å²) in [4.78, 5) is 10.3. The van der Waals surface area contributed by atoms with Gasteiger partial charge in [-0.15, -0.1) is 0 Å². The van der Waals surface area contributed by atoms with Gasteiger partial charge in [0.1, 0.15) is 12.1 Å². The molecule has 2 aromatic rings. The topological polar surface area (TPSA) is 83.4 Å². The van der Waals surface area contributed by atoms with Crippen LogP contribution in [-0.2, 0) is 9.84 Å². The Bertz CT molecular complexity index is 729. The maximum Gasteiger partial charge on any atom is 0.175 e. The first-order valence-electron chi connectivity index (χ1n) is 6.13. The summed E-state index contributed by atoms with van der Waals surface area (Å²) in [6, 6.07) is 4.76. The number of nitrogens with zero attached hydrogens (tertiary/aromatic N) is 3. The number of fused-ring (bicyclic) bond motifs is 1. The summed E-state index contributed by atoms with van der Waals surface area (Å²) < 4.78 is 23.3. The van der Waals surface area contributed by atoms with E-state index in [9.17, 15) is 13.5 Å². The monoisotopic (exact) mass is 295 g/mol. The van der Waals surface area contributed by atoms with Gasteiger partial charge in [0.15, 0.2) is 9.84 Å². The smallest absolute Gasteiger partial charge is 0.175 e. The third-order valence-corrected chi connectivity index (χ3v) is 4.02. The van der Waals surface area contributed by atoms with Gasteiger partial charge >= 0.3 is 0 Å². The van der Waals surface area contributed by atoms with Crippen molar-refractivity contribution in [3.05, 3.63) is 24.5 Å². The first-order chi connectivity index (χ1) is 9.29. The van der Waals surface area contributed by atoms with Crippen molar-refractivity contribution in [2.45, 2.75) is 17.9 Å². The van der Waals surface area contributed by atoms with Gasteiger partial charge in [-0.05, 0) is 25.1 Å². The van der Waals surface area contributed by atoms with Gasteiger partial charge in [0.2, 0.25) is 0 Å². The van der Waals surface area contributed by atoms with Crippen LogP contribution in [0.1, 0.15) is 6.92 Å². The molecule has 2 rings (SSSR count). The van der Waals surface area contributed by atoms with Crippen molar-refractivity contribution < 1.29 is 13.5 Å². The fourth-order valence-corrected chi connectivity index (χ4v) is 2.69. The summed E-state index contributed by atoms with van der Waals surface area (Å²) in [7, 11) is -1.49. The lowest BCUT2D eigenvalue weighted by Crippen LogP contribution is -2.27. The minimum atomic E-state index is -3.28. The SMILES string of the molecule is CC(O)CN(C)c1ncnc2ccc(S(C)(=O)=O)cc12. The Morgan fingerprint density at radius 3 is 2.65 bits per heavy atom. The molecule has 1 unspecified atom stereocenters. The predicted molar refractivity (Wildman–Crippen MR) is 77.6 cm³/mol. The maximum atomic E-state index is 11.6. The maximum absolute atomic E-state index is 11.6. The molecule has 0 radical (unpaired) electrons. The Kier molecular flexibility index (Phi) is 3.92. The molecule has 0 spiro atoms. The van der Waals surface area contributed by atoms with Crippen LogP contribution in [0.25, 0.3) is 10.9 Å². The number of sulfone groups is 1. The Balaban J connectivity index is 2.60. The van der Waals surface area contributed by atoms with E-state index >= 15 is 0 Å². The molecule has 6 nitrogen and oxygen atoms in total. The second-order valence-corrected chi connectivity index (χ2v) is 6.89. The molecule has 0 aliphatic carbocycles. The van der Waals surface area contributed by atoms with E-state index in [1.807, 2.05) is 0 Å². The minimum Gasteiger partial charge on any atom is -0.392 e. The summed E-state index contributed by atoms with van der Waals surface area (Å²) in [5, 5.41) is 10.1. The Labute approximate surface area is 118 Å².